The van der Waals surface area contributed by atoms with Crippen LogP contribution in [0.15, 0.2) is 6.20 Å². The van der Waals surface area contributed by atoms with E-state index < -0.39 is 0 Å². The second-order valence-electron chi connectivity index (χ2n) is 3.74. The van der Waals surface area contributed by atoms with E-state index >= 15 is 0 Å². The molecule has 0 fully saturated rings. The van der Waals surface area contributed by atoms with Gasteiger partial charge in [0.05, 0.1) is 23.0 Å². The predicted octanol–water partition coefficient (Wildman–Crippen LogP) is 2.59. The minimum atomic E-state index is 0.589. The molecule has 0 unspecified atom stereocenters. The van der Waals surface area contributed by atoms with E-state index in [1.807, 2.05) is 20.9 Å². The van der Waals surface area contributed by atoms with Crippen LogP contribution in [0.5, 0.6) is 0 Å². The third-order valence-electron chi connectivity index (χ3n) is 2.48. The lowest BCUT2D eigenvalue weighted by atomic mass is 10.3. The first-order valence-corrected chi connectivity index (χ1v) is 5.62. The summed E-state index contributed by atoms with van der Waals surface area (Å²) in [6.07, 6.45) is 1.79. The van der Waals surface area contributed by atoms with E-state index in [2.05, 4.69) is 10.2 Å². The number of aromatic nitrogens is 4. The second kappa shape index (κ2) is 4.11. The minimum Gasteiger partial charge on any atom is -0.266 e. The van der Waals surface area contributed by atoms with Crippen molar-refractivity contribution < 1.29 is 0 Å². The van der Waals surface area contributed by atoms with Gasteiger partial charge in [-0.2, -0.15) is 10.2 Å². The molecule has 0 N–H and O–H groups in total. The zero-order valence-electron chi connectivity index (χ0n) is 9.33. The predicted molar refractivity (Wildman–Crippen MR) is 64.0 cm³/mol. The van der Waals surface area contributed by atoms with Gasteiger partial charge in [0, 0.05) is 18.8 Å². The van der Waals surface area contributed by atoms with Crippen molar-refractivity contribution in [3.63, 3.8) is 0 Å². The van der Waals surface area contributed by atoms with Crippen LogP contribution in [0.1, 0.15) is 17.0 Å². The fourth-order valence-corrected chi connectivity index (χ4v) is 1.97. The largest absolute Gasteiger partial charge is 0.266 e. The van der Waals surface area contributed by atoms with Gasteiger partial charge in [-0.1, -0.05) is 23.2 Å². The van der Waals surface area contributed by atoms with Crippen molar-refractivity contribution in [2.24, 2.45) is 7.05 Å². The average Bonchev–Trinajstić information content (AvgIpc) is 2.63. The summed E-state index contributed by atoms with van der Waals surface area (Å²) in [5, 5.41) is 9.84. The fourth-order valence-electron chi connectivity index (χ4n) is 1.59. The second-order valence-corrected chi connectivity index (χ2v) is 4.50. The van der Waals surface area contributed by atoms with Gasteiger partial charge in [0.1, 0.15) is 5.15 Å². The zero-order valence-corrected chi connectivity index (χ0v) is 10.8. The van der Waals surface area contributed by atoms with Gasteiger partial charge in [0.2, 0.25) is 0 Å². The van der Waals surface area contributed by atoms with Crippen LogP contribution in [-0.2, 0) is 13.6 Å². The van der Waals surface area contributed by atoms with Crippen molar-refractivity contribution in [2.75, 3.05) is 0 Å². The molecular weight excluding hydrogens is 247 g/mol. The molecule has 0 aliphatic rings. The Hall–Kier alpha value is -1.000. The molecular formula is C10H12Cl2N4. The van der Waals surface area contributed by atoms with Gasteiger partial charge in [0.15, 0.2) is 0 Å². The molecule has 6 heteroatoms. The molecule has 4 nitrogen and oxygen atoms in total. The highest BCUT2D eigenvalue weighted by molar-refractivity contribution is 6.31. The van der Waals surface area contributed by atoms with Crippen molar-refractivity contribution in [3.05, 3.63) is 33.3 Å². The minimum absolute atomic E-state index is 0.589. The maximum Gasteiger partial charge on any atom is 0.132 e. The SMILES string of the molecule is Cc1nn(Cc2c(C)nn(C)c2Cl)cc1Cl. The highest BCUT2D eigenvalue weighted by Crippen LogP contribution is 2.21. The number of rotatable bonds is 2. The number of nitrogens with zero attached hydrogens (tertiary/aromatic N) is 4. The van der Waals surface area contributed by atoms with E-state index in [1.165, 1.54) is 0 Å². The Morgan fingerprint density at radius 3 is 2.31 bits per heavy atom. The molecule has 0 amide bonds. The van der Waals surface area contributed by atoms with E-state index in [-0.39, 0.29) is 0 Å². The summed E-state index contributed by atoms with van der Waals surface area (Å²) in [5.41, 5.74) is 2.71. The van der Waals surface area contributed by atoms with Gasteiger partial charge < -0.3 is 0 Å². The van der Waals surface area contributed by atoms with Crippen LogP contribution in [0.3, 0.4) is 0 Å². The Kier molecular flexibility index (Phi) is 2.95. The van der Waals surface area contributed by atoms with Crippen LogP contribution >= 0.6 is 23.2 Å². The van der Waals surface area contributed by atoms with E-state index in [9.17, 15) is 0 Å². The third-order valence-corrected chi connectivity index (χ3v) is 3.32. The van der Waals surface area contributed by atoms with Gasteiger partial charge in [-0.3, -0.25) is 9.36 Å². The Labute approximate surface area is 104 Å². The lowest BCUT2D eigenvalue weighted by Gasteiger charge is -2.00. The number of hydrogen-bond acceptors (Lipinski definition) is 2. The highest BCUT2D eigenvalue weighted by atomic mass is 35.5. The Morgan fingerprint density at radius 2 is 1.88 bits per heavy atom. The number of halogens is 2. The topological polar surface area (TPSA) is 35.6 Å². The molecule has 0 spiro atoms. The van der Waals surface area contributed by atoms with E-state index in [0.29, 0.717) is 16.7 Å². The molecule has 86 valence electrons. The summed E-state index contributed by atoms with van der Waals surface area (Å²) in [5.74, 6) is 0. The van der Waals surface area contributed by atoms with Crippen LogP contribution in [0.2, 0.25) is 10.2 Å². The van der Waals surface area contributed by atoms with Crippen molar-refractivity contribution in [1.29, 1.82) is 0 Å². The lowest BCUT2D eigenvalue weighted by molar-refractivity contribution is 0.676. The van der Waals surface area contributed by atoms with Crippen LogP contribution in [0.4, 0.5) is 0 Å². The molecule has 16 heavy (non-hydrogen) atoms. The van der Waals surface area contributed by atoms with Gasteiger partial charge in [-0.25, -0.2) is 0 Å². The molecule has 0 aliphatic heterocycles. The molecule has 2 aromatic heterocycles. The number of hydrogen-bond donors (Lipinski definition) is 0. The molecule has 0 aliphatic carbocycles. The summed E-state index contributed by atoms with van der Waals surface area (Å²) in [6, 6.07) is 0. The first kappa shape index (κ1) is 11.5. The zero-order chi connectivity index (χ0) is 11.9. The maximum atomic E-state index is 6.14. The molecule has 2 heterocycles. The molecule has 2 aromatic rings. The molecule has 0 radical (unpaired) electrons. The van der Waals surface area contributed by atoms with E-state index in [0.717, 1.165) is 17.0 Å². The molecule has 0 saturated carbocycles. The number of aryl methyl sites for hydroxylation is 3. The fraction of sp³-hybridized carbons (Fsp3) is 0.400. The summed E-state index contributed by atoms with van der Waals surface area (Å²) >= 11 is 12.1. The van der Waals surface area contributed by atoms with E-state index in [1.54, 1.807) is 15.6 Å². The molecule has 0 bridgehead atoms. The standard InChI is InChI=1S/C10H12Cl2N4/c1-6-8(10(12)15(3)13-6)4-16-5-9(11)7(2)14-16/h5H,4H2,1-3H3. The van der Waals surface area contributed by atoms with Gasteiger partial charge in [0.25, 0.3) is 0 Å². The average molecular weight is 259 g/mol. The van der Waals surface area contributed by atoms with Gasteiger partial charge >= 0.3 is 0 Å². The smallest absolute Gasteiger partial charge is 0.132 e. The Bertz CT molecular complexity index is 508. The summed E-state index contributed by atoms with van der Waals surface area (Å²) in [4.78, 5) is 0. The van der Waals surface area contributed by atoms with Crippen LogP contribution in [0.25, 0.3) is 0 Å². The third kappa shape index (κ3) is 1.95. The summed E-state index contributed by atoms with van der Waals surface area (Å²) < 4.78 is 3.43. The van der Waals surface area contributed by atoms with Crippen molar-refractivity contribution >= 4 is 23.2 Å². The van der Waals surface area contributed by atoms with E-state index in [4.69, 9.17) is 23.2 Å². The molecule has 2 rings (SSSR count). The summed E-state index contributed by atoms with van der Waals surface area (Å²) in [7, 11) is 1.82. The highest BCUT2D eigenvalue weighted by Gasteiger charge is 2.12. The Morgan fingerprint density at radius 1 is 1.19 bits per heavy atom. The quantitative estimate of drug-likeness (QED) is 0.830. The molecule has 0 saturated heterocycles. The van der Waals surface area contributed by atoms with Crippen molar-refractivity contribution in [3.8, 4) is 0 Å². The maximum absolute atomic E-state index is 6.14. The molecule has 0 aromatic carbocycles. The van der Waals surface area contributed by atoms with Gasteiger partial charge in [-0.15, -0.1) is 0 Å². The normalized spacial score (nSPS) is 11.1. The van der Waals surface area contributed by atoms with Gasteiger partial charge in [-0.05, 0) is 13.8 Å². The Balaban J connectivity index is 2.33. The van der Waals surface area contributed by atoms with Crippen LogP contribution < -0.4 is 0 Å². The lowest BCUT2D eigenvalue weighted by Crippen LogP contribution is -2.01. The monoisotopic (exact) mass is 258 g/mol. The summed E-state index contributed by atoms with van der Waals surface area (Å²) in [6.45, 7) is 4.39. The molecule has 0 atom stereocenters. The van der Waals surface area contributed by atoms with Crippen LogP contribution in [-0.4, -0.2) is 19.6 Å². The van der Waals surface area contributed by atoms with Crippen molar-refractivity contribution in [1.82, 2.24) is 19.6 Å². The van der Waals surface area contributed by atoms with Crippen molar-refractivity contribution in [2.45, 2.75) is 20.4 Å². The first-order chi connectivity index (χ1) is 7.49. The first-order valence-electron chi connectivity index (χ1n) is 4.86. The van der Waals surface area contributed by atoms with Crippen LogP contribution in [0, 0.1) is 13.8 Å².